The zero-order chi connectivity index (χ0) is 12.3. The molecule has 100 valence electrons. The third-order valence-corrected chi connectivity index (χ3v) is 6.31. The van der Waals surface area contributed by atoms with Crippen LogP contribution in [0, 0.1) is 0 Å². The first-order valence-corrected chi connectivity index (χ1v) is 8.78. The van der Waals surface area contributed by atoms with Gasteiger partial charge in [-0.2, -0.15) is 0 Å². The van der Waals surface area contributed by atoms with Crippen molar-refractivity contribution in [2.75, 3.05) is 40.0 Å². The Labute approximate surface area is 105 Å². The largest absolute Gasteiger partial charge is 0.321 e. The Morgan fingerprint density at radius 3 is 2.18 bits per heavy atom. The molecule has 1 atom stereocenters. The predicted octanol–water partition coefficient (Wildman–Crippen LogP) is 2.41. The van der Waals surface area contributed by atoms with Gasteiger partial charge < -0.3 is 9.42 Å². The number of hydrogen-bond donors (Lipinski definition) is 0. The fourth-order valence-corrected chi connectivity index (χ4v) is 4.17. The Bertz CT molecular complexity index is 284. The van der Waals surface area contributed by atoms with Crippen molar-refractivity contribution in [1.29, 1.82) is 0 Å². The molecule has 4 nitrogen and oxygen atoms in total. The van der Waals surface area contributed by atoms with E-state index in [2.05, 4.69) is 4.90 Å². The second-order valence-electron chi connectivity index (χ2n) is 5.27. The SMILES string of the molecule is COP(C)(=O)N1CCC(N2CCCCC2)CC1. The molecule has 0 aromatic rings. The standard InChI is InChI=1S/C12H25N2O2P/c1-16-17(2,15)14-10-6-12(7-11-14)13-8-4-3-5-9-13/h12H,3-11H2,1-2H3. The average molecular weight is 260 g/mol. The Kier molecular flexibility index (Phi) is 4.65. The molecule has 0 saturated carbocycles. The highest BCUT2D eigenvalue weighted by atomic mass is 31.2. The van der Waals surface area contributed by atoms with Crippen molar-refractivity contribution in [2.45, 2.75) is 38.1 Å². The summed E-state index contributed by atoms with van der Waals surface area (Å²) in [5, 5.41) is 0. The minimum Gasteiger partial charge on any atom is -0.321 e. The Morgan fingerprint density at radius 1 is 1.06 bits per heavy atom. The first-order chi connectivity index (χ1) is 8.13. The summed E-state index contributed by atoms with van der Waals surface area (Å²) in [4.78, 5) is 2.63. The van der Waals surface area contributed by atoms with Crippen LogP contribution in [0.1, 0.15) is 32.1 Å². The molecule has 5 heteroatoms. The minimum atomic E-state index is -2.50. The molecule has 17 heavy (non-hydrogen) atoms. The Balaban J connectivity index is 1.83. The molecule has 0 radical (unpaired) electrons. The van der Waals surface area contributed by atoms with E-state index in [4.69, 9.17) is 4.52 Å². The zero-order valence-electron chi connectivity index (χ0n) is 11.1. The third kappa shape index (κ3) is 3.31. The molecule has 0 amide bonds. The predicted molar refractivity (Wildman–Crippen MR) is 70.6 cm³/mol. The molecular formula is C12H25N2O2P. The topological polar surface area (TPSA) is 32.8 Å². The summed E-state index contributed by atoms with van der Waals surface area (Å²) >= 11 is 0. The fourth-order valence-electron chi connectivity index (χ4n) is 2.98. The van der Waals surface area contributed by atoms with Crippen LogP contribution >= 0.6 is 7.52 Å². The molecule has 2 saturated heterocycles. The van der Waals surface area contributed by atoms with Crippen LogP contribution in [0.4, 0.5) is 0 Å². The van der Waals surface area contributed by atoms with Crippen LogP contribution in [-0.2, 0) is 9.09 Å². The monoisotopic (exact) mass is 260 g/mol. The van der Waals surface area contributed by atoms with Crippen molar-refractivity contribution in [3.63, 3.8) is 0 Å². The second kappa shape index (κ2) is 5.83. The Morgan fingerprint density at radius 2 is 1.65 bits per heavy atom. The van der Waals surface area contributed by atoms with E-state index in [-0.39, 0.29) is 0 Å². The van der Waals surface area contributed by atoms with Crippen LogP contribution in [0.15, 0.2) is 0 Å². The molecule has 0 aromatic heterocycles. The lowest BCUT2D eigenvalue weighted by Crippen LogP contribution is -2.45. The number of hydrogen-bond acceptors (Lipinski definition) is 3. The van der Waals surface area contributed by atoms with E-state index in [1.165, 1.54) is 32.4 Å². The molecule has 2 heterocycles. The summed E-state index contributed by atoms with van der Waals surface area (Å²) < 4.78 is 19.3. The number of nitrogens with zero attached hydrogens (tertiary/aromatic N) is 2. The van der Waals surface area contributed by atoms with Gasteiger partial charge in [0.15, 0.2) is 0 Å². The van der Waals surface area contributed by atoms with Crippen LogP contribution in [0.2, 0.25) is 0 Å². The highest BCUT2D eigenvalue weighted by Gasteiger charge is 2.32. The summed E-state index contributed by atoms with van der Waals surface area (Å²) in [6.45, 7) is 6.09. The molecule has 2 aliphatic rings. The minimum absolute atomic E-state index is 0.711. The second-order valence-corrected chi connectivity index (χ2v) is 7.80. The summed E-state index contributed by atoms with van der Waals surface area (Å²) in [5.41, 5.74) is 0. The average Bonchev–Trinajstić information content (AvgIpc) is 2.40. The van der Waals surface area contributed by atoms with E-state index >= 15 is 0 Å². The summed E-state index contributed by atoms with van der Waals surface area (Å²) in [5.74, 6) is 0. The molecule has 0 N–H and O–H groups in total. The first kappa shape index (κ1) is 13.5. The molecule has 0 aliphatic carbocycles. The van der Waals surface area contributed by atoms with Gasteiger partial charge in [0.25, 0.3) is 7.52 Å². The Hall–Kier alpha value is 0.110. The van der Waals surface area contributed by atoms with Crippen LogP contribution in [0.5, 0.6) is 0 Å². The number of likely N-dealkylation sites (tertiary alicyclic amines) is 1. The van der Waals surface area contributed by atoms with Crippen LogP contribution in [-0.4, -0.2) is 55.6 Å². The summed E-state index contributed by atoms with van der Waals surface area (Å²) in [7, 11) is -0.948. The molecule has 2 aliphatic heterocycles. The fraction of sp³-hybridized carbons (Fsp3) is 1.00. The van der Waals surface area contributed by atoms with Crippen LogP contribution < -0.4 is 0 Å². The van der Waals surface area contributed by atoms with Gasteiger partial charge in [0.2, 0.25) is 0 Å². The quantitative estimate of drug-likeness (QED) is 0.730. The number of piperidine rings is 2. The van der Waals surface area contributed by atoms with E-state index in [1.54, 1.807) is 13.8 Å². The molecule has 2 fully saturated rings. The molecule has 0 spiro atoms. The van der Waals surface area contributed by atoms with Gasteiger partial charge in [0, 0.05) is 32.9 Å². The molecule has 1 unspecified atom stereocenters. The van der Waals surface area contributed by atoms with Gasteiger partial charge in [-0.1, -0.05) is 6.42 Å². The zero-order valence-corrected chi connectivity index (χ0v) is 12.0. The van der Waals surface area contributed by atoms with Crippen molar-refractivity contribution in [3.8, 4) is 0 Å². The maximum atomic E-state index is 12.1. The summed E-state index contributed by atoms with van der Waals surface area (Å²) in [6, 6.07) is 0.711. The van der Waals surface area contributed by atoms with Gasteiger partial charge in [0.1, 0.15) is 0 Å². The highest BCUT2D eigenvalue weighted by molar-refractivity contribution is 7.55. The molecule has 2 rings (SSSR count). The van der Waals surface area contributed by atoms with E-state index in [0.717, 1.165) is 25.9 Å². The van der Waals surface area contributed by atoms with Gasteiger partial charge in [0.05, 0.1) is 0 Å². The molecule has 0 bridgehead atoms. The maximum Gasteiger partial charge on any atom is 0.269 e. The van der Waals surface area contributed by atoms with Crippen molar-refractivity contribution in [3.05, 3.63) is 0 Å². The smallest absolute Gasteiger partial charge is 0.269 e. The first-order valence-electron chi connectivity index (χ1n) is 6.76. The van der Waals surface area contributed by atoms with E-state index in [1.807, 2.05) is 4.67 Å². The van der Waals surface area contributed by atoms with Gasteiger partial charge in [-0.05, 0) is 38.8 Å². The molecular weight excluding hydrogens is 235 g/mol. The van der Waals surface area contributed by atoms with Crippen molar-refractivity contribution < 1.29 is 9.09 Å². The van der Waals surface area contributed by atoms with Gasteiger partial charge in [-0.25, -0.2) is 4.67 Å². The van der Waals surface area contributed by atoms with Crippen molar-refractivity contribution in [2.24, 2.45) is 0 Å². The van der Waals surface area contributed by atoms with E-state index in [9.17, 15) is 4.57 Å². The lowest BCUT2D eigenvalue weighted by atomic mass is 10.0. The van der Waals surface area contributed by atoms with E-state index in [0.29, 0.717) is 6.04 Å². The number of rotatable bonds is 3. The van der Waals surface area contributed by atoms with Gasteiger partial charge in [-0.3, -0.25) is 4.57 Å². The lowest BCUT2D eigenvalue weighted by Gasteiger charge is -2.41. The van der Waals surface area contributed by atoms with Crippen LogP contribution in [0.3, 0.4) is 0 Å². The normalized spacial score (nSPS) is 29.1. The third-order valence-electron chi connectivity index (χ3n) is 4.20. The van der Waals surface area contributed by atoms with Crippen molar-refractivity contribution >= 4 is 7.52 Å². The summed E-state index contributed by atoms with van der Waals surface area (Å²) in [6.07, 6.45) is 6.38. The van der Waals surface area contributed by atoms with Gasteiger partial charge in [-0.15, -0.1) is 0 Å². The van der Waals surface area contributed by atoms with Crippen molar-refractivity contribution in [1.82, 2.24) is 9.57 Å². The van der Waals surface area contributed by atoms with Crippen LogP contribution in [0.25, 0.3) is 0 Å². The van der Waals surface area contributed by atoms with Gasteiger partial charge >= 0.3 is 0 Å². The molecule has 0 aromatic carbocycles. The lowest BCUT2D eigenvalue weighted by molar-refractivity contribution is 0.113. The maximum absolute atomic E-state index is 12.1. The highest BCUT2D eigenvalue weighted by Crippen LogP contribution is 2.47. The van der Waals surface area contributed by atoms with E-state index < -0.39 is 7.52 Å².